The molecule has 0 N–H and O–H groups in total. The summed E-state index contributed by atoms with van der Waals surface area (Å²) < 4.78 is 37.5. The number of ketones is 1. The lowest BCUT2D eigenvalue weighted by molar-refractivity contribution is -0.0885. The molecule has 0 aromatic carbocycles. The SMILES string of the molecule is O=C(c1cnn(CC2CC2)c1)C(F)(F)F. The molecule has 0 atom stereocenters. The van der Waals surface area contributed by atoms with E-state index in [1.807, 2.05) is 0 Å². The highest BCUT2D eigenvalue weighted by atomic mass is 19.4. The van der Waals surface area contributed by atoms with Crippen molar-refractivity contribution in [2.24, 2.45) is 5.92 Å². The number of rotatable bonds is 3. The van der Waals surface area contributed by atoms with E-state index in [0.29, 0.717) is 12.5 Å². The predicted octanol–water partition coefficient (Wildman–Crippen LogP) is 2.04. The van der Waals surface area contributed by atoms with E-state index in [4.69, 9.17) is 0 Å². The normalized spacial score (nSPS) is 16.7. The summed E-state index contributed by atoms with van der Waals surface area (Å²) in [6.45, 7) is 0.602. The van der Waals surface area contributed by atoms with Gasteiger partial charge in [0.15, 0.2) is 0 Å². The first-order valence-electron chi connectivity index (χ1n) is 4.61. The van der Waals surface area contributed by atoms with Crippen LogP contribution >= 0.6 is 0 Å². The van der Waals surface area contributed by atoms with Crippen LogP contribution in [0.3, 0.4) is 0 Å². The van der Waals surface area contributed by atoms with Crippen LogP contribution in [-0.2, 0) is 6.54 Å². The minimum Gasteiger partial charge on any atom is -0.284 e. The van der Waals surface area contributed by atoms with Gasteiger partial charge in [0, 0.05) is 12.7 Å². The molecule has 0 saturated heterocycles. The molecule has 6 heteroatoms. The van der Waals surface area contributed by atoms with Crippen LogP contribution in [0.2, 0.25) is 0 Å². The lowest BCUT2D eigenvalue weighted by atomic mass is 10.2. The maximum absolute atomic E-state index is 12.0. The van der Waals surface area contributed by atoms with Gasteiger partial charge in [0.2, 0.25) is 0 Å². The minimum absolute atomic E-state index is 0.386. The Morgan fingerprint density at radius 3 is 2.73 bits per heavy atom. The molecule has 1 fully saturated rings. The van der Waals surface area contributed by atoms with Crippen LogP contribution in [0.15, 0.2) is 12.4 Å². The average molecular weight is 218 g/mol. The molecule has 0 unspecified atom stereocenters. The molecule has 1 heterocycles. The topological polar surface area (TPSA) is 34.9 Å². The third kappa shape index (κ3) is 2.37. The number of carbonyl (C=O) groups is 1. The molecule has 0 spiro atoms. The molecule has 3 nitrogen and oxygen atoms in total. The van der Waals surface area contributed by atoms with Crippen LogP contribution in [0.5, 0.6) is 0 Å². The predicted molar refractivity (Wildman–Crippen MR) is 45.3 cm³/mol. The molecule has 0 bridgehead atoms. The standard InChI is InChI=1S/C9H9F3N2O/c10-9(11,12)8(15)7-3-13-14(5-7)4-6-1-2-6/h3,5-6H,1-2,4H2. The summed E-state index contributed by atoms with van der Waals surface area (Å²) in [6.07, 6.45) is -0.509. The Balaban J connectivity index is 2.08. The van der Waals surface area contributed by atoms with Crippen molar-refractivity contribution in [3.05, 3.63) is 18.0 Å². The highest BCUT2D eigenvalue weighted by Crippen LogP contribution is 2.30. The smallest absolute Gasteiger partial charge is 0.284 e. The number of carbonyl (C=O) groups excluding carboxylic acids is 1. The summed E-state index contributed by atoms with van der Waals surface area (Å²) in [6, 6.07) is 0. The van der Waals surface area contributed by atoms with Crippen molar-refractivity contribution in [3.8, 4) is 0 Å². The van der Waals surface area contributed by atoms with Gasteiger partial charge in [-0.15, -0.1) is 0 Å². The van der Waals surface area contributed by atoms with Crippen molar-refractivity contribution >= 4 is 5.78 Å². The van der Waals surface area contributed by atoms with Crippen LogP contribution in [0.4, 0.5) is 13.2 Å². The van der Waals surface area contributed by atoms with Crippen LogP contribution in [0, 0.1) is 5.92 Å². The molecule has 2 rings (SSSR count). The Bertz CT molecular complexity index is 379. The van der Waals surface area contributed by atoms with Crippen molar-refractivity contribution in [1.82, 2.24) is 9.78 Å². The van der Waals surface area contributed by atoms with Crippen molar-refractivity contribution < 1.29 is 18.0 Å². The number of halogens is 3. The molecule has 0 amide bonds. The number of Topliss-reactive ketones (excluding diaryl/α,β-unsaturated/α-hetero) is 1. The lowest BCUT2D eigenvalue weighted by Crippen LogP contribution is -2.22. The zero-order chi connectivity index (χ0) is 11.1. The van der Waals surface area contributed by atoms with E-state index >= 15 is 0 Å². The van der Waals surface area contributed by atoms with Crippen molar-refractivity contribution in [2.75, 3.05) is 0 Å². The van der Waals surface area contributed by atoms with E-state index in [-0.39, 0.29) is 5.56 Å². The summed E-state index contributed by atoms with van der Waals surface area (Å²) in [5.41, 5.74) is -0.386. The summed E-state index contributed by atoms with van der Waals surface area (Å²) in [4.78, 5) is 10.8. The van der Waals surface area contributed by atoms with Gasteiger partial charge in [-0.25, -0.2) is 0 Å². The van der Waals surface area contributed by atoms with Gasteiger partial charge in [-0.2, -0.15) is 18.3 Å². The summed E-state index contributed by atoms with van der Waals surface area (Å²) in [5, 5.41) is 3.73. The molecular formula is C9H9F3N2O. The third-order valence-corrected chi connectivity index (χ3v) is 2.30. The molecule has 1 aromatic rings. The molecule has 1 saturated carbocycles. The minimum atomic E-state index is -4.81. The quantitative estimate of drug-likeness (QED) is 0.727. The molecule has 82 valence electrons. The van der Waals surface area contributed by atoms with Crippen LogP contribution < -0.4 is 0 Å². The Morgan fingerprint density at radius 1 is 1.53 bits per heavy atom. The second-order valence-electron chi connectivity index (χ2n) is 3.72. The summed E-state index contributed by atoms with van der Waals surface area (Å²) in [7, 11) is 0. The van der Waals surface area contributed by atoms with Crippen molar-refractivity contribution in [3.63, 3.8) is 0 Å². The molecule has 1 aliphatic rings. The van der Waals surface area contributed by atoms with Crippen LogP contribution in [-0.4, -0.2) is 21.7 Å². The second-order valence-corrected chi connectivity index (χ2v) is 3.72. The largest absolute Gasteiger partial charge is 0.454 e. The fourth-order valence-corrected chi connectivity index (χ4v) is 1.31. The van der Waals surface area contributed by atoms with E-state index in [1.165, 1.54) is 4.68 Å². The molecule has 0 radical (unpaired) electrons. The molecule has 0 aliphatic heterocycles. The maximum Gasteiger partial charge on any atom is 0.454 e. The molecule has 1 aliphatic carbocycles. The Labute approximate surface area is 83.9 Å². The first kappa shape index (κ1) is 10.2. The van der Waals surface area contributed by atoms with Crippen LogP contribution in [0.25, 0.3) is 0 Å². The number of aromatic nitrogens is 2. The highest BCUT2D eigenvalue weighted by Gasteiger charge is 2.40. The fourth-order valence-electron chi connectivity index (χ4n) is 1.31. The Morgan fingerprint density at radius 2 is 2.20 bits per heavy atom. The zero-order valence-electron chi connectivity index (χ0n) is 7.79. The van der Waals surface area contributed by atoms with E-state index in [0.717, 1.165) is 25.2 Å². The second kappa shape index (κ2) is 3.36. The van der Waals surface area contributed by atoms with E-state index < -0.39 is 12.0 Å². The Hall–Kier alpha value is -1.33. The first-order chi connectivity index (χ1) is 6.97. The first-order valence-corrected chi connectivity index (χ1v) is 4.61. The fraction of sp³-hybridized carbons (Fsp3) is 0.556. The van der Waals surface area contributed by atoms with Gasteiger partial charge >= 0.3 is 6.18 Å². The summed E-state index contributed by atoms with van der Waals surface area (Å²) in [5.74, 6) is -1.32. The number of alkyl halides is 3. The zero-order valence-corrected chi connectivity index (χ0v) is 7.79. The average Bonchev–Trinajstić information content (AvgIpc) is 2.80. The highest BCUT2D eigenvalue weighted by molar-refractivity contribution is 5.99. The lowest BCUT2D eigenvalue weighted by Gasteiger charge is -2.01. The number of hydrogen-bond acceptors (Lipinski definition) is 2. The van der Waals surface area contributed by atoms with Gasteiger partial charge in [-0.05, 0) is 18.8 Å². The van der Waals surface area contributed by atoms with Gasteiger partial charge < -0.3 is 0 Å². The molecule has 1 aromatic heterocycles. The number of hydrogen-bond donors (Lipinski definition) is 0. The van der Waals surface area contributed by atoms with Crippen molar-refractivity contribution in [2.45, 2.75) is 25.6 Å². The van der Waals surface area contributed by atoms with E-state index in [9.17, 15) is 18.0 Å². The van der Waals surface area contributed by atoms with Gasteiger partial charge in [-0.3, -0.25) is 9.48 Å². The monoisotopic (exact) mass is 218 g/mol. The van der Waals surface area contributed by atoms with E-state index in [2.05, 4.69) is 5.10 Å². The van der Waals surface area contributed by atoms with E-state index in [1.54, 1.807) is 0 Å². The van der Waals surface area contributed by atoms with Gasteiger partial charge in [0.1, 0.15) is 0 Å². The van der Waals surface area contributed by atoms with Crippen molar-refractivity contribution in [1.29, 1.82) is 0 Å². The maximum atomic E-state index is 12.0. The Kier molecular flexibility index (Phi) is 2.28. The molecule has 15 heavy (non-hydrogen) atoms. The van der Waals surface area contributed by atoms with Gasteiger partial charge in [-0.1, -0.05) is 0 Å². The molecular weight excluding hydrogens is 209 g/mol. The third-order valence-electron chi connectivity index (χ3n) is 2.30. The van der Waals surface area contributed by atoms with Crippen LogP contribution in [0.1, 0.15) is 23.2 Å². The number of nitrogens with zero attached hydrogens (tertiary/aromatic N) is 2. The van der Waals surface area contributed by atoms with Gasteiger partial charge in [0.05, 0.1) is 11.8 Å². The van der Waals surface area contributed by atoms with Gasteiger partial charge in [0.25, 0.3) is 5.78 Å². The summed E-state index contributed by atoms with van der Waals surface area (Å²) >= 11 is 0.